The van der Waals surface area contributed by atoms with E-state index in [1.165, 1.54) is 113 Å². The molecule has 1 aliphatic rings. The molecule has 12 aromatic rings. The van der Waals surface area contributed by atoms with Gasteiger partial charge in [0.05, 0.1) is 11.0 Å². The van der Waals surface area contributed by atoms with Crippen LogP contribution in [0, 0.1) is 0 Å². The van der Waals surface area contributed by atoms with Crippen molar-refractivity contribution in [1.82, 2.24) is 4.57 Å². The molecule has 0 radical (unpaired) electrons. The van der Waals surface area contributed by atoms with Crippen molar-refractivity contribution in [3.63, 3.8) is 0 Å². The SMILES string of the molecule is c1ccc(-c2ccc3c(c2)c2cc(-c4ccccc4)ccc2n3-c2ccc3c(c2)[Si](c2ccccc2)(c2ccccc2)c2cc(-c4cccc5c4sc4ccccc45)ccc2-3)cc1. The van der Waals surface area contributed by atoms with Crippen LogP contribution in [0.4, 0.5) is 0 Å². The Labute approximate surface area is 371 Å². The van der Waals surface area contributed by atoms with Crippen LogP contribution in [0.25, 0.3) is 92.2 Å². The maximum atomic E-state index is 2.57. The molecule has 1 nitrogen and oxygen atoms in total. The first kappa shape index (κ1) is 36.1. The second-order valence-corrected chi connectivity index (χ2v) is 21.6. The molecule has 0 N–H and O–H groups in total. The minimum atomic E-state index is -2.88. The predicted molar refractivity (Wildman–Crippen MR) is 273 cm³/mol. The highest BCUT2D eigenvalue weighted by atomic mass is 32.1. The molecule has 0 amide bonds. The third-order valence-electron chi connectivity index (χ3n) is 13.5. The largest absolute Gasteiger partial charge is 0.309 e. The predicted octanol–water partition coefficient (Wildman–Crippen LogP) is 13.5. The summed E-state index contributed by atoms with van der Waals surface area (Å²) in [6.45, 7) is 0. The fourth-order valence-electron chi connectivity index (χ4n) is 10.7. The Morgan fingerprint density at radius 3 is 1.44 bits per heavy atom. The number of hydrogen-bond acceptors (Lipinski definition) is 1. The van der Waals surface area contributed by atoms with Gasteiger partial charge >= 0.3 is 0 Å². The molecule has 0 saturated carbocycles. The van der Waals surface area contributed by atoms with E-state index in [1.54, 1.807) is 0 Å². The van der Waals surface area contributed by atoms with Gasteiger partial charge in [-0.3, -0.25) is 0 Å². The lowest BCUT2D eigenvalue weighted by Gasteiger charge is -2.32. The van der Waals surface area contributed by atoms with Gasteiger partial charge in [0.25, 0.3) is 0 Å². The van der Waals surface area contributed by atoms with Crippen molar-refractivity contribution in [3.8, 4) is 50.2 Å². The van der Waals surface area contributed by atoms with E-state index >= 15 is 0 Å². The molecule has 0 unspecified atom stereocenters. The third kappa shape index (κ3) is 5.47. The summed E-state index contributed by atoms with van der Waals surface area (Å²) < 4.78 is 5.19. The van der Waals surface area contributed by atoms with E-state index in [0.717, 1.165) is 0 Å². The van der Waals surface area contributed by atoms with E-state index in [0.29, 0.717) is 0 Å². The minimum Gasteiger partial charge on any atom is -0.309 e. The number of nitrogens with zero attached hydrogens (tertiary/aromatic N) is 1. The summed E-state index contributed by atoms with van der Waals surface area (Å²) in [6.07, 6.45) is 0. The van der Waals surface area contributed by atoms with Gasteiger partial charge in [-0.1, -0.05) is 194 Å². The van der Waals surface area contributed by atoms with Crippen LogP contribution in [0.15, 0.2) is 237 Å². The smallest absolute Gasteiger partial charge is 0.180 e. The van der Waals surface area contributed by atoms with Crippen molar-refractivity contribution in [2.24, 2.45) is 0 Å². The van der Waals surface area contributed by atoms with E-state index in [4.69, 9.17) is 0 Å². The number of hydrogen-bond donors (Lipinski definition) is 0. The lowest BCUT2D eigenvalue weighted by molar-refractivity contribution is 1.18. The molecule has 3 heterocycles. The molecule has 2 aromatic heterocycles. The first-order chi connectivity index (χ1) is 31.2. The van der Waals surface area contributed by atoms with Crippen molar-refractivity contribution in [3.05, 3.63) is 237 Å². The van der Waals surface area contributed by atoms with E-state index in [1.807, 2.05) is 11.3 Å². The molecule has 13 rings (SSSR count). The van der Waals surface area contributed by atoms with Gasteiger partial charge in [0.1, 0.15) is 0 Å². The monoisotopic (exact) mass is 833 g/mol. The van der Waals surface area contributed by atoms with Crippen LogP contribution < -0.4 is 20.7 Å². The Morgan fingerprint density at radius 1 is 0.317 bits per heavy atom. The van der Waals surface area contributed by atoms with Crippen LogP contribution in [-0.4, -0.2) is 12.6 Å². The molecule has 0 atom stereocenters. The van der Waals surface area contributed by atoms with Crippen LogP contribution in [0.2, 0.25) is 0 Å². The first-order valence-electron chi connectivity index (χ1n) is 21.7. The Kier molecular flexibility index (Phi) is 8.17. The minimum absolute atomic E-state index is 1.18. The maximum absolute atomic E-state index is 2.88. The second-order valence-electron chi connectivity index (χ2n) is 16.8. The molecular formula is C60H39NSSi. The summed E-state index contributed by atoms with van der Waals surface area (Å²) in [5.41, 5.74) is 13.7. The summed E-state index contributed by atoms with van der Waals surface area (Å²) in [4.78, 5) is 0. The van der Waals surface area contributed by atoms with E-state index < -0.39 is 8.07 Å². The Bertz CT molecular complexity index is 3580. The number of aromatic nitrogens is 1. The molecule has 1 aliphatic heterocycles. The van der Waals surface area contributed by atoms with Crippen LogP contribution in [-0.2, 0) is 0 Å². The van der Waals surface area contributed by atoms with Crippen LogP contribution in [0.1, 0.15) is 0 Å². The van der Waals surface area contributed by atoms with Crippen molar-refractivity contribution in [2.75, 3.05) is 0 Å². The zero-order valence-corrected chi connectivity index (χ0v) is 36.2. The third-order valence-corrected chi connectivity index (χ3v) is 19.5. The quantitative estimate of drug-likeness (QED) is 0.147. The topological polar surface area (TPSA) is 4.93 Å². The van der Waals surface area contributed by atoms with Crippen LogP contribution in [0.5, 0.6) is 0 Å². The maximum Gasteiger partial charge on any atom is 0.180 e. The molecule has 0 saturated heterocycles. The zero-order chi connectivity index (χ0) is 41.5. The Hall–Kier alpha value is -7.56. The van der Waals surface area contributed by atoms with Gasteiger partial charge in [0.15, 0.2) is 8.07 Å². The fraction of sp³-hybridized carbons (Fsp3) is 0. The molecule has 63 heavy (non-hydrogen) atoms. The van der Waals surface area contributed by atoms with Crippen molar-refractivity contribution in [1.29, 1.82) is 0 Å². The average molecular weight is 834 g/mol. The van der Waals surface area contributed by atoms with Gasteiger partial charge in [0.2, 0.25) is 0 Å². The second kappa shape index (κ2) is 14.3. The molecule has 0 spiro atoms. The summed E-state index contributed by atoms with van der Waals surface area (Å²) >= 11 is 1.91. The molecule has 0 aliphatic carbocycles. The molecule has 10 aromatic carbocycles. The number of fused-ring (bicyclic) bond motifs is 9. The molecule has 294 valence electrons. The fourth-order valence-corrected chi connectivity index (χ4v) is 17.2. The van der Waals surface area contributed by atoms with E-state index in [9.17, 15) is 0 Å². The lowest BCUT2D eigenvalue weighted by Crippen LogP contribution is -2.72. The van der Waals surface area contributed by atoms with Crippen LogP contribution in [0.3, 0.4) is 0 Å². The number of thiophene rings is 1. The summed E-state index contributed by atoms with van der Waals surface area (Å²) in [7, 11) is -2.88. The normalized spacial score (nSPS) is 12.9. The number of rotatable bonds is 6. The summed E-state index contributed by atoms with van der Waals surface area (Å²) in [5.74, 6) is 0. The van der Waals surface area contributed by atoms with E-state index in [-0.39, 0.29) is 0 Å². The van der Waals surface area contributed by atoms with Gasteiger partial charge in [-0.25, -0.2) is 0 Å². The van der Waals surface area contributed by atoms with Crippen molar-refractivity contribution < 1.29 is 0 Å². The highest BCUT2D eigenvalue weighted by molar-refractivity contribution is 7.26. The summed E-state index contributed by atoms with van der Waals surface area (Å²) in [6, 6.07) is 88.8. The first-order valence-corrected chi connectivity index (χ1v) is 24.6. The lowest BCUT2D eigenvalue weighted by atomic mass is 9.99. The van der Waals surface area contributed by atoms with Gasteiger partial charge in [0, 0.05) is 36.6 Å². The molecule has 0 bridgehead atoms. The highest BCUT2D eigenvalue weighted by Crippen LogP contribution is 2.42. The Balaban J connectivity index is 1.08. The Morgan fingerprint density at radius 2 is 0.825 bits per heavy atom. The standard InChI is InChI=1S/C60H39NSSi/c1-5-16-40(17-6-1)42-29-34-55-53(36-42)54-37-43(41-18-7-2-8-19-41)30-35-56(54)61(55)45-31-33-51-50-32-28-44(48-25-15-26-52-49-24-13-14-27-57(49)62-60(48)52)38-58(50)63(59(51)39-45,46-20-9-3-10-21-46)47-22-11-4-12-23-47/h1-39H. The van der Waals surface area contributed by atoms with Crippen LogP contribution >= 0.6 is 11.3 Å². The molecular weight excluding hydrogens is 795 g/mol. The van der Waals surface area contributed by atoms with Crippen molar-refractivity contribution >= 4 is 82.1 Å². The van der Waals surface area contributed by atoms with Gasteiger partial charge < -0.3 is 4.57 Å². The van der Waals surface area contributed by atoms with Crippen molar-refractivity contribution in [2.45, 2.75) is 0 Å². The van der Waals surface area contributed by atoms with Gasteiger partial charge in [-0.2, -0.15) is 0 Å². The van der Waals surface area contributed by atoms with E-state index in [2.05, 4.69) is 241 Å². The molecule has 0 fully saturated rings. The van der Waals surface area contributed by atoms with Gasteiger partial charge in [-0.05, 0) is 108 Å². The zero-order valence-electron chi connectivity index (χ0n) is 34.4. The van der Waals surface area contributed by atoms with Gasteiger partial charge in [-0.15, -0.1) is 11.3 Å². The number of benzene rings is 10. The average Bonchev–Trinajstić information content (AvgIpc) is 4.00. The summed E-state index contributed by atoms with van der Waals surface area (Å²) in [5, 5.41) is 10.8. The highest BCUT2D eigenvalue weighted by Gasteiger charge is 2.49. The molecule has 3 heteroatoms.